The number of hydrogen-bond donors (Lipinski definition) is 0. The molecule has 128 valence electrons. The number of carbonyl (C=O) groups is 1. The summed E-state index contributed by atoms with van der Waals surface area (Å²) >= 11 is 6.51. The lowest BCUT2D eigenvalue weighted by molar-refractivity contribution is -0.119. The smallest absolute Gasteiger partial charge is 0.227 e. The number of nitrogens with zero attached hydrogens (tertiary/aromatic N) is 2. The number of hydrogen-bond acceptors (Lipinski definition) is 2. The summed E-state index contributed by atoms with van der Waals surface area (Å²) in [4.78, 5) is 17.3. The zero-order valence-electron chi connectivity index (χ0n) is 14.5. The molecule has 1 saturated carbocycles. The van der Waals surface area contributed by atoms with Crippen molar-refractivity contribution in [1.82, 2.24) is 4.90 Å². The maximum absolute atomic E-state index is 12.8. The fourth-order valence-corrected chi connectivity index (χ4v) is 4.11. The Balaban J connectivity index is 2.34. The second-order valence-electron chi connectivity index (χ2n) is 6.27. The van der Waals surface area contributed by atoms with Crippen molar-refractivity contribution >= 4 is 23.2 Å². The molecular weight excluding hydrogens is 308 g/mol. The van der Waals surface area contributed by atoms with Crippen molar-refractivity contribution in [2.45, 2.75) is 63.9 Å². The van der Waals surface area contributed by atoms with Gasteiger partial charge in [-0.2, -0.15) is 0 Å². The van der Waals surface area contributed by atoms with E-state index in [1.54, 1.807) is 0 Å². The van der Waals surface area contributed by atoms with Crippen molar-refractivity contribution in [2.75, 3.05) is 18.0 Å². The van der Waals surface area contributed by atoms with Crippen LogP contribution >= 0.6 is 11.6 Å². The largest absolute Gasteiger partial charge is 0.308 e. The number of amides is 1. The highest BCUT2D eigenvalue weighted by Crippen LogP contribution is 2.35. The molecule has 4 heteroatoms. The molecule has 3 unspecified atom stereocenters. The third-order valence-electron chi connectivity index (χ3n) is 4.82. The quantitative estimate of drug-likeness (QED) is 0.693. The summed E-state index contributed by atoms with van der Waals surface area (Å²) in [6.45, 7) is 8.41. The third kappa shape index (κ3) is 4.27. The fourth-order valence-electron chi connectivity index (χ4n) is 3.74. The van der Waals surface area contributed by atoms with E-state index >= 15 is 0 Å². The van der Waals surface area contributed by atoms with Gasteiger partial charge < -0.3 is 4.90 Å². The van der Waals surface area contributed by atoms with Crippen LogP contribution in [0.25, 0.3) is 0 Å². The molecule has 1 aliphatic carbocycles. The molecule has 3 atom stereocenters. The first kappa shape index (κ1) is 18.3. The molecule has 0 spiro atoms. The molecule has 3 nitrogen and oxygen atoms in total. The second-order valence-corrected chi connectivity index (χ2v) is 6.89. The van der Waals surface area contributed by atoms with Crippen molar-refractivity contribution < 1.29 is 4.79 Å². The highest BCUT2D eigenvalue weighted by molar-refractivity contribution is 6.21. The van der Waals surface area contributed by atoms with E-state index in [0.29, 0.717) is 12.5 Å². The minimum atomic E-state index is 0.145. The number of carbonyl (C=O) groups excluding carboxylic acids is 1. The van der Waals surface area contributed by atoms with Crippen LogP contribution in [0.3, 0.4) is 0 Å². The summed E-state index contributed by atoms with van der Waals surface area (Å²) in [5, 5.41) is 0.145. The minimum absolute atomic E-state index is 0.145. The Morgan fingerprint density at radius 2 is 1.70 bits per heavy atom. The normalized spacial score (nSPS) is 24.1. The molecule has 0 aliphatic heterocycles. The van der Waals surface area contributed by atoms with Crippen molar-refractivity contribution in [2.24, 2.45) is 0 Å². The van der Waals surface area contributed by atoms with Crippen molar-refractivity contribution in [3.05, 3.63) is 30.3 Å². The van der Waals surface area contributed by atoms with Crippen molar-refractivity contribution in [3.8, 4) is 0 Å². The number of para-hydroxylation sites is 1. The van der Waals surface area contributed by atoms with Gasteiger partial charge in [0, 0.05) is 23.5 Å². The van der Waals surface area contributed by atoms with Gasteiger partial charge in [-0.3, -0.25) is 9.69 Å². The molecule has 0 saturated heterocycles. The Morgan fingerprint density at radius 3 is 2.26 bits per heavy atom. The van der Waals surface area contributed by atoms with Crippen LogP contribution in [0.5, 0.6) is 0 Å². The molecule has 1 fully saturated rings. The van der Waals surface area contributed by atoms with Gasteiger partial charge in [0.15, 0.2) is 0 Å². The van der Waals surface area contributed by atoms with E-state index in [9.17, 15) is 4.79 Å². The lowest BCUT2D eigenvalue weighted by Gasteiger charge is -2.38. The highest BCUT2D eigenvalue weighted by atomic mass is 35.5. The number of halogens is 1. The Kier molecular flexibility index (Phi) is 6.91. The van der Waals surface area contributed by atoms with Gasteiger partial charge in [0.05, 0.1) is 6.04 Å². The number of anilines is 1. The topological polar surface area (TPSA) is 23.6 Å². The average molecular weight is 337 g/mol. The Hall–Kier alpha value is -1.06. The fraction of sp³-hybridized carbons (Fsp3) is 0.632. The van der Waals surface area contributed by atoms with E-state index in [1.165, 1.54) is 0 Å². The second kappa shape index (κ2) is 8.70. The van der Waals surface area contributed by atoms with E-state index in [-0.39, 0.29) is 17.3 Å². The van der Waals surface area contributed by atoms with Gasteiger partial charge in [-0.05, 0) is 44.5 Å². The van der Waals surface area contributed by atoms with E-state index in [1.807, 2.05) is 35.2 Å². The molecule has 2 rings (SSSR count). The van der Waals surface area contributed by atoms with Gasteiger partial charge in [-0.1, -0.05) is 39.0 Å². The summed E-state index contributed by atoms with van der Waals surface area (Å²) in [6, 6.07) is 10.6. The Bertz CT molecular complexity index is 489. The highest BCUT2D eigenvalue weighted by Gasteiger charge is 2.41. The van der Waals surface area contributed by atoms with Crippen molar-refractivity contribution in [1.29, 1.82) is 0 Å². The SMILES string of the molecule is CCCC(=O)N(c1ccccc1)C1CC(Cl)CC1N(CC)CC. The van der Waals surface area contributed by atoms with E-state index in [4.69, 9.17) is 11.6 Å². The Morgan fingerprint density at radius 1 is 1.09 bits per heavy atom. The van der Waals surface area contributed by atoms with Gasteiger partial charge >= 0.3 is 0 Å². The predicted octanol–water partition coefficient (Wildman–Crippen LogP) is 4.30. The minimum Gasteiger partial charge on any atom is -0.308 e. The summed E-state index contributed by atoms with van der Waals surface area (Å²) in [7, 11) is 0. The molecule has 23 heavy (non-hydrogen) atoms. The van der Waals surface area contributed by atoms with Crippen LogP contribution in [0, 0.1) is 0 Å². The molecule has 1 aromatic carbocycles. The van der Waals surface area contributed by atoms with Crippen LogP contribution in [-0.4, -0.2) is 41.4 Å². The molecule has 1 aromatic rings. The molecule has 0 N–H and O–H groups in total. The summed E-state index contributed by atoms with van der Waals surface area (Å²) in [5.74, 6) is 0.214. The number of alkyl halides is 1. The van der Waals surface area contributed by atoms with Crippen LogP contribution in [-0.2, 0) is 4.79 Å². The predicted molar refractivity (Wildman–Crippen MR) is 98.2 cm³/mol. The van der Waals surface area contributed by atoms with E-state index in [0.717, 1.165) is 38.0 Å². The summed E-state index contributed by atoms with van der Waals surface area (Å²) < 4.78 is 0. The van der Waals surface area contributed by atoms with Crippen molar-refractivity contribution in [3.63, 3.8) is 0 Å². The summed E-state index contributed by atoms with van der Waals surface area (Å²) in [6.07, 6.45) is 3.28. The van der Waals surface area contributed by atoms with E-state index in [2.05, 4.69) is 25.7 Å². The molecule has 0 radical (unpaired) electrons. The monoisotopic (exact) mass is 336 g/mol. The summed E-state index contributed by atoms with van der Waals surface area (Å²) in [5.41, 5.74) is 0.999. The maximum atomic E-state index is 12.8. The first-order chi connectivity index (χ1) is 11.1. The van der Waals surface area contributed by atoms with Crippen LogP contribution in [0.15, 0.2) is 30.3 Å². The first-order valence-electron chi connectivity index (χ1n) is 8.87. The zero-order chi connectivity index (χ0) is 16.8. The standard InChI is InChI=1S/C19H29ClN2O/c1-4-10-19(23)22(16-11-8-7-9-12-16)18-14-15(20)13-17(18)21(5-2)6-3/h7-9,11-12,15,17-18H,4-6,10,13-14H2,1-3H3. The number of benzene rings is 1. The van der Waals surface area contributed by atoms with Crippen LogP contribution in [0.2, 0.25) is 0 Å². The van der Waals surface area contributed by atoms with Gasteiger partial charge in [-0.15, -0.1) is 11.6 Å². The molecule has 0 heterocycles. The van der Waals surface area contributed by atoms with E-state index < -0.39 is 0 Å². The molecular formula is C19H29ClN2O. The van der Waals surface area contributed by atoms with Gasteiger partial charge in [0.2, 0.25) is 5.91 Å². The van der Waals surface area contributed by atoms with Crippen LogP contribution in [0.4, 0.5) is 5.69 Å². The molecule has 1 amide bonds. The average Bonchev–Trinajstić information content (AvgIpc) is 2.91. The molecule has 0 aromatic heterocycles. The number of rotatable bonds is 7. The maximum Gasteiger partial charge on any atom is 0.227 e. The van der Waals surface area contributed by atoms with Gasteiger partial charge in [0.25, 0.3) is 0 Å². The lowest BCUT2D eigenvalue weighted by Crippen LogP contribution is -2.51. The van der Waals surface area contributed by atoms with Gasteiger partial charge in [-0.25, -0.2) is 0 Å². The Labute approximate surface area is 145 Å². The van der Waals surface area contributed by atoms with Crippen LogP contribution in [0.1, 0.15) is 46.5 Å². The molecule has 0 bridgehead atoms. The number of likely N-dealkylation sites (N-methyl/N-ethyl adjacent to an activating group) is 1. The zero-order valence-corrected chi connectivity index (χ0v) is 15.3. The third-order valence-corrected chi connectivity index (χ3v) is 5.17. The van der Waals surface area contributed by atoms with Crippen LogP contribution < -0.4 is 4.90 Å². The molecule has 1 aliphatic rings. The first-order valence-corrected chi connectivity index (χ1v) is 9.31. The lowest BCUT2D eigenvalue weighted by atomic mass is 10.1. The van der Waals surface area contributed by atoms with Gasteiger partial charge in [0.1, 0.15) is 0 Å².